The van der Waals surface area contributed by atoms with Gasteiger partial charge in [-0.05, 0) is 38.5 Å². The van der Waals surface area contributed by atoms with Crippen molar-refractivity contribution in [3.63, 3.8) is 0 Å². The lowest BCUT2D eigenvalue weighted by atomic mass is 9.79. The molecule has 1 saturated heterocycles. The maximum atomic E-state index is 13.4. The average molecular weight is 602 g/mol. The van der Waals surface area contributed by atoms with Crippen LogP contribution in [-0.2, 0) is 48.2 Å². The molecule has 3 saturated carbocycles. The number of esters is 4. The molecule has 40 heavy (non-hydrogen) atoms. The van der Waals surface area contributed by atoms with Crippen molar-refractivity contribution in [3.05, 3.63) is 0 Å². The van der Waals surface area contributed by atoms with Gasteiger partial charge < -0.3 is 23.5 Å². The van der Waals surface area contributed by atoms with E-state index in [0.717, 1.165) is 25.7 Å². The zero-order chi connectivity index (χ0) is 29.7. The van der Waals surface area contributed by atoms with Crippen LogP contribution in [0.25, 0.3) is 0 Å². The van der Waals surface area contributed by atoms with Crippen molar-refractivity contribution < 1.29 is 68.7 Å². The third-order valence-corrected chi connectivity index (χ3v) is 9.44. The molecule has 0 amide bonds. The fraction of sp³-hybridized carbons (Fsp3) is 0.833. The van der Waals surface area contributed by atoms with Crippen LogP contribution in [0.4, 0.5) is 17.6 Å². The molecule has 6 unspecified atom stereocenters. The van der Waals surface area contributed by atoms with Gasteiger partial charge in [-0.1, -0.05) is 6.92 Å². The van der Waals surface area contributed by atoms with Gasteiger partial charge in [-0.2, -0.15) is 17.6 Å². The topological polar surface area (TPSA) is 162 Å². The first-order valence-electron chi connectivity index (χ1n) is 13.0. The van der Waals surface area contributed by atoms with E-state index in [2.05, 4.69) is 4.74 Å². The van der Waals surface area contributed by atoms with Crippen LogP contribution in [0.2, 0.25) is 0 Å². The number of hydrogen-bond acceptors (Lipinski definition) is 11. The van der Waals surface area contributed by atoms with Crippen LogP contribution in [0, 0.1) is 23.7 Å². The van der Waals surface area contributed by atoms with E-state index in [1.54, 1.807) is 0 Å². The number of rotatable bonds is 12. The monoisotopic (exact) mass is 601 g/mol. The molecule has 0 N–H and O–H groups in total. The molecule has 1 aliphatic heterocycles. The number of fused-ring (bicyclic) bond motifs is 1. The standard InChI is InChI=1S/C24H30F4O11S/c1-2-22(7-3-4-8-22)39-21(32)17-13-11-12-16(20(31)38-19(12)17)18(13)37-15(30)6-5-14(29)36-10-9-23(25,26)24(27,28)40(33,34)35/h12-13,16-19H,2-11H2,1H3,(H,33,34,35)/p-1. The second-order valence-corrected chi connectivity index (χ2v) is 12.2. The van der Waals surface area contributed by atoms with E-state index in [1.165, 1.54) is 0 Å². The van der Waals surface area contributed by atoms with Crippen LogP contribution in [0.5, 0.6) is 0 Å². The van der Waals surface area contributed by atoms with Gasteiger partial charge in [0.1, 0.15) is 29.6 Å². The lowest BCUT2D eigenvalue weighted by Gasteiger charge is -2.34. The molecule has 0 radical (unpaired) electrons. The van der Waals surface area contributed by atoms with Gasteiger partial charge in [0.15, 0.2) is 10.1 Å². The quantitative estimate of drug-likeness (QED) is 0.140. The first-order chi connectivity index (χ1) is 18.5. The van der Waals surface area contributed by atoms with Crippen molar-refractivity contribution in [2.45, 2.75) is 93.7 Å². The SMILES string of the molecule is CCC1(OC(=O)C2C3CC4C2OC(=O)C4C3OC(=O)CCC(=O)OCCC(F)(F)C(F)(F)S(=O)(=O)[O-])CCCC1. The van der Waals surface area contributed by atoms with Gasteiger partial charge in [0.05, 0.1) is 25.9 Å². The fourth-order valence-electron chi connectivity index (χ4n) is 6.39. The van der Waals surface area contributed by atoms with Gasteiger partial charge in [0.2, 0.25) is 0 Å². The molecule has 0 aromatic heterocycles. The minimum atomic E-state index is -6.67. The van der Waals surface area contributed by atoms with Crippen molar-refractivity contribution in [2.24, 2.45) is 23.7 Å². The number of carbonyl (C=O) groups excluding carboxylic acids is 4. The first kappa shape index (κ1) is 30.5. The van der Waals surface area contributed by atoms with E-state index in [1.807, 2.05) is 6.92 Å². The molecule has 226 valence electrons. The van der Waals surface area contributed by atoms with Gasteiger partial charge in [-0.3, -0.25) is 19.2 Å². The molecule has 4 aliphatic rings. The molecule has 0 aromatic carbocycles. The fourth-order valence-corrected chi connectivity index (χ4v) is 6.86. The van der Waals surface area contributed by atoms with Gasteiger partial charge in [-0.15, -0.1) is 0 Å². The predicted molar refractivity (Wildman–Crippen MR) is 120 cm³/mol. The number of carbonyl (C=O) groups is 4. The normalized spacial score (nSPS) is 30.7. The minimum absolute atomic E-state index is 0.336. The van der Waals surface area contributed by atoms with Crippen LogP contribution >= 0.6 is 0 Å². The van der Waals surface area contributed by atoms with Crippen molar-refractivity contribution in [3.8, 4) is 0 Å². The summed E-state index contributed by atoms with van der Waals surface area (Å²) in [6, 6.07) is 0. The minimum Gasteiger partial charge on any atom is -0.743 e. The molecule has 16 heteroatoms. The van der Waals surface area contributed by atoms with E-state index in [0.29, 0.717) is 12.8 Å². The second kappa shape index (κ2) is 10.7. The van der Waals surface area contributed by atoms with Gasteiger partial charge in [0, 0.05) is 11.8 Å². The van der Waals surface area contributed by atoms with E-state index in [-0.39, 0.29) is 5.92 Å². The Balaban J connectivity index is 1.29. The summed E-state index contributed by atoms with van der Waals surface area (Å²) in [5.74, 6) is -11.1. The highest BCUT2D eigenvalue weighted by molar-refractivity contribution is 7.86. The third kappa shape index (κ3) is 5.40. The zero-order valence-electron chi connectivity index (χ0n) is 21.4. The van der Waals surface area contributed by atoms with E-state index in [4.69, 9.17) is 14.2 Å². The highest BCUT2D eigenvalue weighted by atomic mass is 32.2. The molecule has 4 rings (SSSR count). The summed E-state index contributed by atoms with van der Waals surface area (Å²) in [5, 5.41) is -5.91. The van der Waals surface area contributed by atoms with Crippen LogP contribution in [-0.4, -0.2) is 72.4 Å². The summed E-state index contributed by atoms with van der Waals surface area (Å²) in [6.07, 6.45) is -0.579. The Hall–Kier alpha value is -2.49. The molecular formula is C24H29F4O11S-. The maximum absolute atomic E-state index is 13.4. The third-order valence-electron chi connectivity index (χ3n) is 8.51. The first-order valence-corrected chi connectivity index (χ1v) is 14.4. The Morgan fingerprint density at radius 1 is 1.07 bits per heavy atom. The molecule has 1 heterocycles. The summed E-state index contributed by atoms with van der Waals surface area (Å²) in [7, 11) is -6.67. The summed E-state index contributed by atoms with van der Waals surface area (Å²) in [6.45, 7) is 0.579. The Morgan fingerprint density at radius 3 is 2.30 bits per heavy atom. The lowest BCUT2D eigenvalue weighted by molar-refractivity contribution is -0.176. The number of alkyl halides is 4. The summed E-state index contributed by atoms with van der Waals surface area (Å²) in [4.78, 5) is 50.0. The Morgan fingerprint density at radius 2 is 1.70 bits per heavy atom. The smallest absolute Gasteiger partial charge is 0.396 e. The van der Waals surface area contributed by atoms with E-state index >= 15 is 0 Å². The molecule has 11 nitrogen and oxygen atoms in total. The van der Waals surface area contributed by atoms with Crippen LogP contribution in [0.15, 0.2) is 0 Å². The van der Waals surface area contributed by atoms with Crippen LogP contribution in [0.1, 0.15) is 64.7 Å². The van der Waals surface area contributed by atoms with Crippen LogP contribution < -0.4 is 0 Å². The molecule has 0 spiro atoms. The summed E-state index contributed by atoms with van der Waals surface area (Å²) in [5.41, 5.74) is -0.573. The van der Waals surface area contributed by atoms with Gasteiger partial charge in [-0.25, -0.2) is 8.42 Å². The van der Waals surface area contributed by atoms with Crippen LogP contribution in [0.3, 0.4) is 0 Å². The number of halogens is 4. The highest BCUT2D eigenvalue weighted by Crippen LogP contribution is 2.59. The predicted octanol–water partition coefficient (Wildman–Crippen LogP) is 2.46. The van der Waals surface area contributed by atoms with E-state index in [9.17, 15) is 49.7 Å². The van der Waals surface area contributed by atoms with Crippen molar-refractivity contribution in [1.82, 2.24) is 0 Å². The number of ether oxygens (including phenoxy) is 4. The largest absolute Gasteiger partial charge is 0.743 e. The molecule has 4 fully saturated rings. The van der Waals surface area contributed by atoms with E-state index < -0.39 is 107 Å². The Bertz CT molecular complexity index is 1150. The summed E-state index contributed by atoms with van der Waals surface area (Å²) < 4.78 is 106. The molecule has 2 bridgehead atoms. The van der Waals surface area contributed by atoms with Gasteiger partial charge in [0.25, 0.3) is 0 Å². The Kier molecular flexibility index (Phi) is 8.17. The van der Waals surface area contributed by atoms with Gasteiger partial charge >= 0.3 is 35.1 Å². The Labute approximate surface area is 227 Å². The highest BCUT2D eigenvalue weighted by Gasteiger charge is 2.70. The summed E-state index contributed by atoms with van der Waals surface area (Å²) >= 11 is 0. The molecule has 0 aromatic rings. The maximum Gasteiger partial charge on any atom is 0.396 e. The molecule has 3 aliphatic carbocycles. The van der Waals surface area contributed by atoms with Crippen molar-refractivity contribution in [2.75, 3.05) is 6.61 Å². The zero-order valence-corrected chi connectivity index (χ0v) is 22.3. The second-order valence-electron chi connectivity index (χ2n) is 10.8. The molecule has 6 atom stereocenters. The average Bonchev–Trinajstić information content (AvgIpc) is 3.60. The number of hydrogen-bond donors (Lipinski definition) is 0. The lowest BCUT2D eigenvalue weighted by Crippen LogP contribution is -2.47. The van der Waals surface area contributed by atoms with Crippen molar-refractivity contribution in [1.29, 1.82) is 0 Å². The van der Waals surface area contributed by atoms with Crippen molar-refractivity contribution >= 4 is 34.0 Å². The molecular weight excluding hydrogens is 572 g/mol.